The van der Waals surface area contributed by atoms with Crippen LogP contribution < -0.4 is 0 Å². The monoisotopic (exact) mass is 250 g/mol. The van der Waals surface area contributed by atoms with E-state index < -0.39 is 36.0 Å². The molecule has 15 heavy (non-hydrogen) atoms. The molecule has 0 rings (SSSR count). The number of carboxylic acids is 3. The van der Waals surface area contributed by atoms with Crippen molar-refractivity contribution in [2.45, 2.75) is 18.1 Å². The molecular formula is C6H10CaO8. The first kappa shape index (κ1) is 17.0. The molecule has 0 aromatic carbocycles. The van der Waals surface area contributed by atoms with Crippen LogP contribution in [0.2, 0.25) is 0 Å². The van der Waals surface area contributed by atoms with Crippen molar-refractivity contribution < 1.29 is 39.9 Å². The van der Waals surface area contributed by atoms with Crippen LogP contribution in [-0.4, -0.2) is 92.9 Å². The zero-order valence-electron chi connectivity index (χ0n) is 6.75. The quantitative estimate of drug-likeness (QED) is 0.320. The van der Waals surface area contributed by atoms with E-state index in [1.54, 1.807) is 0 Å². The van der Waals surface area contributed by atoms with Crippen LogP contribution in [-0.2, 0) is 14.4 Å². The second-order valence-corrected chi connectivity index (χ2v) is 2.54. The molecule has 2 unspecified atom stereocenters. The van der Waals surface area contributed by atoms with E-state index >= 15 is 0 Å². The fraction of sp³-hybridized carbons (Fsp3) is 0.500. The van der Waals surface area contributed by atoms with Gasteiger partial charge in [-0.3, -0.25) is 4.79 Å². The molecular weight excluding hydrogens is 240 g/mol. The molecule has 0 bridgehead atoms. The molecule has 9 heteroatoms. The predicted molar refractivity (Wildman–Crippen MR) is 47.0 cm³/mol. The third-order valence-corrected chi connectivity index (χ3v) is 1.48. The van der Waals surface area contributed by atoms with E-state index in [0.29, 0.717) is 0 Å². The average molecular weight is 250 g/mol. The summed E-state index contributed by atoms with van der Waals surface area (Å²) < 4.78 is 0. The molecule has 0 saturated heterocycles. The molecule has 0 aliphatic heterocycles. The summed E-state index contributed by atoms with van der Waals surface area (Å²) in [6, 6.07) is 0. The predicted octanol–water partition coefficient (Wildman–Crippen LogP) is -3.19. The molecule has 0 heterocycles. The Balaban J connectivity index is 0. The maximum absolute atomic E-state index is 10.4. The summed E-state index contributed by atoms with van der Waals surface area (Å²) in [7, 11) is 0. The zero-order chi connectivity index (χ0) is 11.5. The van der Waals surface area contributed by atoms with Gasteiger partial charge in [-0.1, -0.05) is 0 Å². The molecule has 0 saturated carbocycles. The van der Waals surface area contributed by atoms with Gasteiger partial charge in [-0.25, -0.2) is 9.59 Å². The van der Waals surface area contributed by atoms with Crippen LogP contribution in [0.4, 0.5) is 0 Å². The molecule has 5 N–H and O–H groups in total. The Morgan fingerprint density at radius 1 is 1.13 bits per heavy atom. The van der Waals surface area contributed by atoms with E-state index in [9.17, 15) is 14.4 Å². The second-order valence-electron chi connectivity index (χ2n) is 2.54. The average Bonchev–Trinajstić information content (AvgIpc) is 2.00. The first-order valence-electron chi connectivity index (χ1n) is 3.30. The number of aliphatic carboxylic acids is 3. The SMILES string of the molecule is O=C(O)CC(O)(C(=O)O)C(O)C(=O)O.[CaH2]. The number of aliphatic hydroxyl groups is 2. The molecule has 8 nitrogen and oxygen atoms in total. The summed E-state index contributed by atoms with van der Waals surface area (Å²) in [6.07, 6.45) is -4.11. The minimum absolute atomic E-state index is 0. The normalized spacial score (nSPS) is 15.6. The van der Waals surface area contributed by atoms with Gasteiger partial charge in [0.25, 0.3) is 0 Å². The molecule has 0 amide bonds. The van der Waals surface area contributed by atoms with Crippen molar-refractivity contribution in [3.8, 4) is 0 Å². The van der Waals surface area contributed by atoms with Gasteiger partial charge in [0.1, 0.15) is 0 Å². The van der Waals surface area contributed by atoms with Gasteiger partial charge < -0.3 is 25.5 Å². The summed E-state index contributed by atoms with van der Waals surface area (Å²) in [5.74, 6) is -5.87. The van der Waals surface area contributed by atoms with Crippen molar-refractivity contribution in [3.63, 3.8) is 0 Å². The van der Waals surface area contributed by atoms with Crippen LogP contribution in [0.25, 0.3) is 0 Å². The molecule has 84 valence electrons. The Morgan fingerprint density at radius 3 is 1.73 bits per heavy atom. The summed E-state index contributed by atoms with van der Waals surface area (Å²) >= 11 is 0. The summed E-state index contributed by atoms with van der Waals surface area (Å²) in [6.45, 7) is 0. The third-order valence-electron chi connectivity index (χ3n) is 1.48. The van der Waals surface area contributed by atoms with E-state index in [1.165, 1.54) is 0 Å². The van der Waals surface area contributed by atoms with Crippen molar-refractivity contribution in [2.75, 3.05) is 0 Å². The Bertz CT molecular complexity index is 276. The number of carboxylic acid groups (broad SMARTS) is 3. The molecule has 0 aliphatic carbocycles. The Labute approximate surface area is 113 Å². The van der Waals surface area contributed by atoms with Gasteiger partial charge in [-0.05, 0) is 0 Å². The van der Waals surface area contributed by atoms with E-state index in [0.717, 1.165) is 0 Å². The zero-order valence-corrected chi connectivity index (χ0v) is 6.75. The van der Waals surface area contributed by atoms with E-state index in [1.807, 2.05) is 0 Å². The Hall–Kier alpha value is -0.410. The molecule has 0 radical (unpaired) electrons. The van der Waals surface area contributed by atoms with Gasteiger partial charge in [0.2, 0.25) is 5.60 Å². The van der Waals surface area contributed by atoms with Crippen molar-refractivity contribution in [1.29, 1.82) is 0 Å². The summed E-state index contributed by atoms with van der Waals surface area (Å²) in [5, 5.41) is 42.6. The summed E-state index contributed by atoms with van der Waals surface area (Å²) in [5.41, 5.74) is -3.22. The van der Waals surface area contributed by atoms with Crippen molar-refractivity contribution in [2.24, 2.45) is 0 Å². The number of hydrogen-bond donors (Lipinski definition) is 5. The number of carbonyl (C=O) groups is 3. The van der Waals surface area contributed by atoms with E-state index in [2.05, 4.69) is 0 Å². The first-order valence-corrected chi connectivity index (χ1v) is 3.30. The van der Waals surface area contributed by atoms with Crippen LogP contribution in [0.1, 0.15) is 6.42 Å². The fourth-order valence-corrected chi connectivity index (χ4v) is 0.724. The molecule has 0 aromatic heterocycles. The topological polar surface area (TPSA) is 152 Å². The third kappa shape index (κ3) is 4.31. The van der Waals surface area contributed by atoms with Crippen LogP contribution in [0, 0.1) is 0 Å². The molecule has 0 spiro atoms. The number of hydrogen-bond acceptors (Lipinski definition) is 5. The van der Waals surface area contributed by atoms with Crippen LogP contribution in [0.15, 0.2) is 0 Å². The fourth-order valence-electron chi connectivity index (χ4n) is 0.724. The van der Waals surface area contributed by atoms with Gasteiger partial charge in [0, 0.05) is 0 Å². The molecule has 2 atom stereocenters. The van der Waals surface area contributed by atoms with Crippen LogP contribution in [0.3, 0.4) is 0 Å². The summed E-state index contributed by atoms with van der Waals surface area (Å²) in [4.78, 5) is 30.7. The van der Waals surface area contributed by atoms with Gasteiger partial charge in [0.05, 0.1) is 6.42 Å². The molecule has 0 aliphatic rings. The van der Waals surface area contributed by atoms with E-state index in [4.69, 9.17) is 25.5 Å². The van der Waals surface area contributed by atoms with E-state index in [-0.39, 0.29) is 37.7 Å². The van der Waals surface area contributed by atoms with Crippen molar-refractivity contribution in [3.05, 3.63) is 0 Å². The minimum atomic E-state index is -3.22. The maximum atomic E-state index is 10.4. The van der Waals surface area contributed by atoms with Gasteiger partial charge in [-0.2, -0.15) is 0 Å². The first-order chi connectivity index (χ1) is 6.21. The number of aliphatic hydroxyl groups excluding tert-OH is 1. The standard InChI is InChI=1S/C6H8O8.Ca.2H/c7-2(8)1-6(14,5(12)13)3(9)4(10)11;;;/h3,9,14H,1H2,(H,7,8)(H,10,11)(H,12,13);;;. The van der Waals surface area contributed by atoms with Crippen molar-refractivity contribution in [1.82, 2.24) is 0 Å². The van der Waals surface area contributed by atoms with Crippen LogP contribution in [0.5, 0.6) is 0 Å². The Morgan fingerprint density at radius 2 is 1.53 bits per heavy atom. The van der Waals surface area contributed by atoms with Gasteiger partial charge >= 0.3 is 55.6 Å². The second kappa shape index (κ2) is 6.23. The Kier molecular flexibility index (Phi) is 7.06. The number of rotatable bonds is 5. The van der Waals surface area contributed by atoms with Gasteiger partial charge in [-0.15, -0.1) is 0 Å². The molecule has 0 fully saturated rings. The van der Waals surface area contributed by atoms with Crippen molar-refractivity contribution >= 4 is 55.6 Å². The van der Waals surface area contributed by atoms with Crippen LogP contribution >= 0.6 is 0 Å². The van der Waals surface area contributed by atoms with Gasteiger partial charge in [0.15, 0.2) is 6.10 Å². The molecule has 0 aromatic rings.